The maximum Gasteiger partial charge on any atom is 0.303 e. The maximum atomic E-state index is 11.6. The van der Waals surface area contributed by atoms with Gasteiger partial charge in [-0.05, 0) is 17.7 Å². The lowest BCUT2D eigenvalue weighted by Gasteiger charge is -2.42. The zero-order valence-corrected chi connectivity index (χ0v) is 18.1. The molecule has 5 unspecified atom stereocenters. The van der Waals surface area contributed by atoms with Gasteiger partial charge in [-0.3, -0.25) is 14.4 Å². The Hall–Kier alpha value is -2.46. The highest BCUT2D eigenvalue weighted by atomic mass is 35.5. The lowest BCUT2D eigenvalue weighted by atomic mass is 9.98. The van der Waals surface area contributed by atoms with Crippen LogP contribution in [0.15, 0.2) is 30.3 Å². The van der Waals surface area contributed by atoms with E-state index in [1.165, 1.54) is 13.8 Å². The number of hydrogen-bond acceptors (Lipinski definition) is 9. The monoisotopic (exact) mass is 456 g/mol. The largest absolute Gasteiger partial charge is 0.463 e. The second kappa shape index (κ2) is 11.8. The molecule has 31 heavy (non-hydrogen) atoms. The maximum absolute atomic E-state index is 11.6. The molecule has 0 radical (unpaired) electrons. The van der Waals surface area contributed by atoms with E-state index in [1.807, 2.05) is 12.1 Å². The molecule has 1 aliphatic heterocycles. The van der Waals surface area contributed by atoms with Crippen LogP contribution < -0.4 is 0 Å². The number of hydrogen-bond donors (Lipinski definition) is 1. The van der Waals surface area contributed by atoms with E-state index in [0.29, 0.717) is 5.02 Å². The predicted molar refractivity (Wildman–Crippen MR) is 109 cm³/mol. The van der Waals surface area contributed by atoms with Crippen LogP contribution in [0.4, 0.5) is 0 Å². The van der Waals surface area contributed by atoms with Gasteiger partial charge in [0.15, 0.2) is 18.5 Å². The number of aliphatic hydroxyl groups excluding tert-OH is 1. The van der Waals surface area contributed by atoms with Gasteiger partial charge in [0.1, 0.15) is 18.8 Å². The lowest BCUT2D eigenvalue weighted by molar-refractivity contribution is -0.304. The summed E-state index contributed by atoms with van der Waals surface area (Å²) < 4.78 is 26.7. The van der Waals surface area contributed by atoms with E-state index in [1.54, 1.807) is 24.3 Å². The second-order valence-corrected chi connectivity index (χ2v) is 7.21. The van der Waals surface area contributed by atoms with E-state index >= 15 is 0 Å². The quantitative estimate of drug-likeness (QED) is 0.462. The van der Waals surface area contributed by atoms with Gasteiger partial charge in [0.05, 0.1) is 6.61 Å². The van der Waals surface area contributed by atoms with E-state index in [4.69, 9.17) is 35.3 Å². The van der Waals surface area contributed by atoms with E-state index in [0.717, 1.165) is 12.5 Å². The van der Waals surface area contributed by atoms with Gasteiger partial charge in [0.25, 0.3) is 0 Å². The van der Waals surface area contributed by atoms with Gasteiger partial charge in [-0.1, -0.05) is 35.9 Å². The fourth-order valence-electron chi connectivity index (χ4n) is 2.91. The average Bonchev–Trinajstić information content (AvgIpc) is 2.69. The molecule has 2 rings (SSSR count). The van der Waals surface area contributed by atoms with E-state index in [9.17, 15) is 19.5 Å². The Morgan fingerprint density at radius 3 is 2.23 bits per heavy atom. The van der Waals surface area contributed by atoms with E-state index < -0.39 is 48.6 Å². The lowest BCUT2D eigenvalue weighted by Crippen LogP contribution is -2.61. The van der Waals surface area contributed by atoms with Crippen molar-refractivity contribution < 1.29 is 43.2 Å². The summed E-state index contributed by atoms with van der Waals surface area (Å²) in [7, 11) is 0. The normalized spacial score (nSPS) is 25.8. The Morgan fingerprint density at radius 2 is 1.65 bits per heavy atom. The van der Waals surface area contributed by atoms with Crippen molar-refractivity contribution in [2.24, 2.45) is 0 Å². The molecule has 10 heteroatoms. The molecular weight excluding hydrogens is 432 g/mol. The second-order valence-electron chi connectivity index (χ2n) is 6.77. The third-order valence-corrected chi connectivity index (χ3v) is 4.46. The van der Waals surface area contributed by atoms with Crippen molar-refractivity contribution in [2.45, 2.75) is 51.5 Å². The Morgan fingerprint density at radius 1 is 1.03 bits per heavy atom. The van der Waals surface area contributed by atoms with Crippen molar-refractivity contribution in [1.82, 2.24) is 0 Å². The first kappa shape index (κ1) is 24.8. The standard InChI is InChI=1S/C21H25ClO9/c1-12(23)28-11-17-18(26)19(29-13(2)24)20(30-14(3)25)21(31-17)27-10-4-5-15-6-8-16(22)9-7-15/h4-9,17-21,26H,10-11H2,1-3H3/b5-4+. The van der Waals surface area contributed by atoms with Gasteiger partial charge in [-0.25, -0.2) is 0 Å². The van der Waals surface area contributed by atoms with Crippen LogP contribution in [-0.4, -0.2) is 66.9 Å². The van der Waals surface area contributed by atoms with Crippen molar-refractivity contribution in [2.75, 3.05) is 13.2 Å². The van der Waals surface area contributed by atoms with Gasteiger partial charge < -0.3 is 28.8 Å². The Labute approximate surface area is 184 Å². The summed E-state index contributed by atoms with van der Waals surface area (Å²) in [5, 5.41) is 11.2. The predicted octanol–water partition coefficient (Wildman–Crippen LogP) is 1.88. The summed E-state index contributed by atoms with van der Waals surface area (Å²) in [6.07, 6.45) is -2.69. The summed E-state index contributed by atoms with van der Waals surface area (Å²) in [6, 6.07) is 7.13. The third kappa shape index (κ3) is 7.95. The minimum Gasteiger partial charge on any atom is -0.463 e. The molecule has 1 N–H and O–H groups in total. The third-order valence-electron chi connectivity index (χ3n) is 4.21. The number of benzene rings is 1. The molecule has 1 fully saturated rings. The summed E-state index contributed by atoms with van der Waals surface area (Å²) >= 11 is 5.86. The number of ether oxygens (including phenoxy) is 5. The van der Waals surface area contributed by atoms with Crippen LogP contribution in [0.5, 0.6) is 0 Å². The molecule has 1 heterocycles. The van der Waals surface area contributed by atoms with Crippen molar-refractivity contribution in [3.05, 3.63) is 40.9 Å². The fourth-order valence-corrected chi connectivity index (χ4v) is 3.04. The zero-order chi connectivity index (χ0) is 23.0. The minimum atomic E-state index is -1.42. The van der Waals surface area contributed by atoms with E-state index in [2.05, 4.69) is 0 Å². The molecule has 0 aromatic heterocycles. The molecule has 170 valence electrons. The Balaban J connectivity index is 2.14. The molecule has 1 aliphatic rings. The average molecular weight is 457 g/mol. The molecule has 0 saturated carbocycles. The highest BCUT2D eigenvalue weighted by Gasteiger charge is 2.50. The van der Waals surface area contributed by atoms with Crippen LogP contribution in [0, 0.1) is 0 Å². The molecule has 0 amide bonds. The van der Waals surface area contributed by atoms with Crippen molar-refractivity contribution >= 4 is 35.6 Å². The summed E-state index contributed by atoms with van der Waals surface area (Å²) in [6.45, 7) is 3.27. The van der Waals surface area contributed by atoms with E-state index in [-0.39, 0.29) is 13.2 Å². The van der Waals surface area contributed by atoms with Crippen LogP contribution in [0.2, 0.25) is 5.02 Å². The molecule has 0 aliphatic carbocycles. The van der Waals surface area contributed by atoms with Crippen LogP contribution in [0.25, 0.3) is 6.08 Å². The van der Waals surface area contributed by atoms with Crippen LogP contribution >= 0.6 is 11.6 Å². The van der Waals surface area contributed by atoms with Crippen LogP contribution in [0.1, 0.15) is 26.3 Å². The van der Waals surface area contributed by atoms with Crippen LogP contribution in [-0.2, 0) is 38.1 Å². The summed E-state index contributed by atoms with van der Waals surface area (Å²) in [5.41, 5.74) is 0.884. The van der Waals surface area contributed by atoms with Crippen molar-refractivity contribution in [3.63, 3.8) is 0 Å². The zero-order valence-electron chi connectivity index (χ0n) is 17.4. The van der Waals surface area contributed by atoms with Crippen LogP contribution in [0.3, 0.4) is 0 Å². The molecule has 1 aromatic rings. The molecule has 1 aromatic carbocycles. The first-order valence-corrected chi connectivity index (χ1v) is 9.90. The first-order chi connectivity index (χ1) is 14.7. The highest BCUT2D eigenvalue weighted by Crippen LogP contribution is 2.27. The molecule has 1 saturated heterocycles. The molecule has 9 nitrogen and oxygen atoms in total. The van der Waals surface area contributed by atoms with Gasteiger partial charge >= 0.3 is 17.9 Å². The van der Waals surface area contributed by atoms with Gasteiger partial charge in [-0.15, -0.1) is 0 Å². The number of carbonyl (C=O) groups excluding carboxylic acids is 3. The Kier molecular flexibility index (Phi) is 9.44. The number of halogens is 1. The number of rotatable bonds is 8. The minimum absolute atomic E-state index is 0.0498. The molecular formula is C21H25ClO9. The summed E-state index contributed by atoms with van der Waals surface area (Å²) in [4.78, 5) is 34.3. The fraction of sp³-hybridized carbons (Fsp3) is 0.476. The number of carbonyl (C=O) groups is 3. The van der Waals surface area contributed by atoms with Crippen molar-refractivity contribution in [1.29, 1.82) is 0 Å². The topological polar surface area (TPSA) is 118 Å². The molecule has 0 spiro atoms. The molecule has 5 atom stereocenters. The molecule has 0 bridgehead atoms. The Bertz CT molecular complexity index is 793. The number of aliphatic hydroxyl groups is 1. The van der Waals surface area contributed by atoms with Crippen molar-refractivity contribution in [3.8, 4) is 0 Å². The highest BCUT2D eigenvalue weighted by molar-refractivity contribution is 6.30. The first-order valence-electron chi connectivity index (χ1n) is 9.52. The number of esters is 3. The van der Waals surface area contributed by atoms with Gasteiger partial charge in [-0.2, -0.15) is 0 Å². The smallest absolute Gasteiger partial charge is 0.303 e. The van der Waals surface area contributed by atoms with Gasteiger partial charge in [0, 0.05) is 25.8 Å². The van der Waals surface area contributed by atoms with Gasteiger partial charge in [0.2, 0.25) is 0 Å². The summed E-state index contributed by atoms with van der Waals surface area (Å²) in [5.74, 6) is -1.96. The SMILES string of the molecule is CC(=O)OCC1OC(OC/C=C/c2ccc(Cl)cc2)C(OC(C)=O)C(OC(C)=O)C1O.